The molecule has 1 aliphatic rings. The molecule has 1 aromatic carbocycles. The van der Waals surface area contributed by atoms with Crippen molar-refractivity contribution in [3.05, 3.63) is 29.8 Å². The van der Waals surface area contributed by atoms with E-state index in [-0.39, 0.29) is 12.4 Å². The van der Waals surface area contributed by atoms with E-state index in [0.29, 0.717) is 51.4 Å². The fourth-order valence-electron chi connectivity index (χ4n) is 3.16. The Hall–Kier alpha value is -2.32. The van der Waals surface area contributed by atoms with Gasteiger partial charge >= 0.3 is 12.1 Å². The van der Waals surface area contributed by atoms with Gasteiger partial charge in [0.05, 0.1) is 19.1 Å². The van der Waals surface area contributed by atoms with E-state index in [4.69, 9.17) is 9.84 Å². The topological polar surface area (TPSA) is 99.5 Å². The molecule has 0 bridgehead atoms. The van der Waals surface area contributed by atoms with Crippen molar-refractivity contribution in [2.75, 3.05) is 46.9 Å². The van der Waals surface area contributed by atoms with Gasteiger partial charge in [-0.1, -0.05) is 12.1 Å². The van der Waals surface area contributed by atoms with Crippen LogP contribution < -0.4 is 4.74 Å². The second-order valence-corrected chi connectivity index (χ2v) is 6.98. The van der Waals surface area contributed by atoms with Crippen molar-refractivity contribution in [3.8, 4) is 5.75 Å². The van der Waals surface area contributed by atoms with Gasteiger partial charge in [0, 0.05) is 26.2 Å². The molecule has 8 nitrogen and oxygen atoms in total. The van der Waals surface area contributed by atoms with Crippen molar-refractivity contribution >= 4 is 12.1 Å². The fraction of sp³-hybridized carbons (Fsp3) is 0.579. The average Bonchev–Trinajstić information content (AvgIpc) is 2.62. The number of ether oxygens (including phenoxy) is 2. The van der Waals surface area contributed by atoms with E-state index in [1.807, 2.05) is 36.2 Å². The molecule has 150 valence electrons. The van der Waals surface area contributed by atoms with Crippen LogP contribution in [0.25, 0.3) is 0 Å². The Balaban J connectivity index is 1.74. The van der Waals surface area contributed by atoms with Crippen molar-refractivity contribution in [1.82, 2.24) is 9.80 Å². The molecule has 0 radical (unpaired) electrons. The summed E-state index contributed by atoms with van der Waals surface area (Å²) in [5, 5.41) is 19.6. The van der Waals surface area contributed by atoms with Crippen LogP contribution in [0.2, 0.25) is 0 Å². The lowest BCUT2D eigenvalue weighted by molar-refractivity contribution is -0.139. The molecule has 0 aromatic heterocycles. The molecule has 1 saturated heterocycles. The van der Waals surface area contributed by atoms with E-state index < -0.39 is 11.7 Å². The Morgan fingerprint density at radius 2 is 2.00 bits per heavy atom. The lowest BCUT2D eigenvalue weighted by atomic mass is 9.91. The number of likely N-dealkylation sites (tertiary alicyclic amines) is 1. The summed E-state index contributed by atoms with van der Waals surface area (Å²) in [6, 6.07) is 7.31. The zero-order chi connectivity index (χ0) is 19.9. The van der Waals surface area contributed by atoms with E-state index in [1.165, 1.54) is 12.0 Å². The number of hydrogen-bond acceptors (Lipinski definition) is 6. The van der Waals surface area contributed by atoms with Gasteiger partial charge in [-0.2, -0.15) is 0 Å². The third kappa shape index (κ3) is 6.73. The minimum atomic E-state index is -0.937. The smallest absolute Gasteiger partial charge is 0.407 e. The fourth-order valence-corrected chi connectivity index (χ4v) is 3.16. The van der Waals surface area contributed by atoms with Crippen LogP contribution in [0.3, 0.4) is 0 Å². The Morgan fingerprint density at radius 1 is 1.30 bits per heavy atom. The quantitative estimate of drug-likeness (QED) is 0.654. The highest BCUT2D eigenvalue weighted by atomic mass is 16.5. The van der Waals surface area contributed by atoms with Crippen LogP contribution in [0.15, 0.2) is 24.3 Å². The molecule has 1 aliphatic heterocycles. The Bertz CT molecular complexity index is 643. The average molecular weight is 380 g/mol. The molecular formula is C19H28N2O6. The van der Waals surface area contributed by atoms with Gasteiger partial charge in [0.25, 0.3) is 0 Å². The van der Waals surface area contributed by atoms with Crippen molar-refractivity contribution in [1.29, 1.82) is 0 Å². The van der Waals surface area contributed by atoms with Crippen LogP contribution in [0.5, 0.6) is 5.75 Å². The third-order valence-corrected chi connectivity index (χ3v) is 4.75. The number of amides is 1. The highest BCUT2D eigenvalue weighted by Gasteiger charge is 2.34. The normalized spacial score (nSPS) is 16.2. The van der Waals surface area contributed by atoms with E-state index in [2.05, 4.69) is 4.74 Å². The molecule has 0 unspecified atom stereocenters. The molecule has 1 fully saturated rings. The molecule has 0 atom stereocenters. The van der Waals surface area contributed by atoms with Gasteiger partial charge in [-0.3, -0.25) is 4.79 Å². The minimum absolute atomic E-state index is 0.202. The summed E-state index contributed by atoms with van der Waals surface area (Å²) >= 11 is 0. The van der Waals surface area contributed by atoms with Crippen LogP contribution in [-0.2, 0) is 16.0 Å². The summed E-state index contributed by atoms with van der Waals surface area (Å²) in [6.07, 6.45) is 0.127. The summed E-state index contributed by atoms with van der Waals surface area (Å²) in [7, 11) is 3.26. The molecule has 2 N–H and O–H groups in total. The Labute approximate surface area is 159 Å². The van der Waals surface area contributed by atoms with Crippen molar-refractivity contribution in [3.63, 3.8) is 0 Å². The number of hydrogen-bond donors (Lipinski definition) is 2. The largest absolute Gasteiger partial charge is 0.492 e. The summed E-state index contributed by atoms with van der Waals surface area (Å²) in [4.78, 5) is 25.6. The summed E-state index contributed by atoms with van der Waals surface area (Å²) < 4.78 is 10.4. The number of methoxy groups -OCH3 is 1. The number of piperidine rings is 1. The van der Waals surface area contributed by atoms with Gasteiger partial charge in [-0.05, 0) is 37.6 Å². The second-order valence-electron chi connectivity index (χ2n) is 6.98. The maximum Gasteiger partial charge on any atom is 0.407 e. The Kier molecular flexibility index (Phi) is 7.44. The highest BCUT2D eigenvalue weighted by Crippen LogP contribution is 2.23. The lowest BCUT2D eigenvalue weighted by Gasteiger charge is -2.39. The van der Waals surface area contributed by atoms with E-state index in [9.17, 15) is 14.7 Å². The van der Waals surface area contributed by atoms with Crippen LogP contribution in [0, 0.1) is 0 Å². The van der Waals surface area contributed by atoms with Crippen molar-refractivity contribution < 1.29 is 29.3 Å². The monoisotopic (exact) mass is 380 g/mol. The maximum atomic E-state index is 11.3. The van der Waals surface area contributed by atoms with Crippen LogP contribution in [0.4, 0.5) is 4.79 Å². The summed E-state index contributed by atoms with van der Waals surface area (Å²) in [5.74, 6) is 0.382. The molecule has 0 aliphatic carbocycles. The minimum Gasteiger partial charge on any atom is -0.492 e. The van der Waals surface area contributed by atoms with Gasteiger partial charge in [-0.25, -0.2) is 4.79 Å². The van der Waals surface area contributed by atoms with Gasteiger partial charge in [0.15, 0.2) is 0 Å². The molecule has 0 spiro atoms. The Morgan fingerprint density at radius 3 is 2.63 bits per heavy atom. The number of carbonyl (C=O) groups excluding carboxylic acids is 1. The van der Waals surface area contributed by atoms with Crippen molar-refractivity contribution in [2.45, 2.75) is 24.9 Å². The molecule has 1 amide bonds. The number of benzene rings is 1. The first-order valence-electron chi connectivity index (χ1n) is 8.99. The van der Waals surface area contributed by atoms with Crippen molar-refractivity contribution in [2.24, 2.45) is 0 Å². The van der Waals surface area contributed by atoms with Crippen LogP contribution in [0.1, 0.15) is 18.4 Å². The number of aliphatic hydroxyl groups is 1. The van der Waals surface area contributed by atoms with Crippen LogP contribution in [-0.4, -0.2) is 84.6 Å². The SMILES string of the molecule is COC(=O)Cc1cccc(OCCN(C)CC2(O)CCN(C(=O)O)CC2)c1. The third-order valence-electron chi connectivity index (χ3n) is 4.75. The molecule has 2 rings (SSSR count). The van der Waals surface area contributed by atoms with E-state index in [1.54, 1.807) is 0 Å². The number of carbonyl (C=O) groups is 2. The summed E-state index contributed by atoms with van der Waals surface area (Å²) in [5.41, 5.74) is -0.0478. The zero-order valence-corrected chi connectivity index (χ0v) is 15.9. The van der Waals surface area contributed by atoms with Gasteiger partial charge in [0.2, 0.25) is 0 Å². The van der Waals surface area contributed by atoms with Crippen LogP contribution >= 0.6 is 0 Å². The van der Waals surface area contributed by atoms with E-state index >= 15 is 0 Å². The number of rotatable bonds is 8. The number of carboxylic acid groups (broad SMARTS) is 1. The number of esters is 1. The first-order valence-corrected chi connectivity index (χ1v) is 8.99. The molecule has 8 heteroatoms. The van der Waals surface area contributed by atoms with Gasteiger partial charge < -0.3 is 29.5 Å². The standard InChI is InChI=1S/C19H28N2O6/c1-20(14-19(25)6-8-21(9-7-19)18(23)24)10-11-27-16-5-3-4-15(12-16)13-17(22)26-2/h3-5,12,25H,6-11,13-14H2,1-2H3,(H,23,24). The first-order chi connectivity index (χ1) is 12.8. The molecule has 0 saturated carbocycles. The summed E-state index contributed by atoms with van der Waals surface area (Å²) in [6.45, 7) is 2.22. The molecule has 1 heterocycles. The number of likely N-dealkylation sites (N-methyl/N-ethyl adjacent to an activating group) is 1. The zero-order valence-electron chi connectivity index (χ0n) is 15.9. The number of nitrogens with zero attached hydrogens (tertiary/aromatic N) is 2. The maximum absolute atomic E-state index is 11.3. The predicted octanol–water partition coefficient (Wildman–Crippen LogP) is 1.22. The molecule has 27 heavy (non-hydrogen) atoms. The predicted molar refractivity (Wildman–Crippen MR) is 98.9 cm³/mol. The molecular weight excluding hydrogens is 352 g/mol. The lowest BCUT2D eigenvalue weighted by Crippen LogP contribution is -2.51. The highest BCUT2D eigenvalue weighted by molar-refractivity contribution is 5.72. The molecule has 1 aromatic rings. The van der Waals surface area contributed by atoms with E-state index in [0.717, 1.165) is 5.56 Å². The van der Waals surface area contributed by atoms with Gasteiger partial charge in [0.1, 0.15) is 12.4 Å². The second kappa shape index (κ2) is 9.57. The van der Waals surface area contributed by atoms with Gasteiger partial charge in [-0.15, -0.1) is 0 Å². The first kappa shape index (κ1) is 21.0.